The highest BCUT2D eigenvalue weighted by atomic mass is 16.5. The van der Waals surface area contributed by atoms with E-state index >= 15 is 0 Å². The molecule has 2 heteroatoms. The third-order valence-electron chi connectivity index (χ3n) is 2.71. The zero-order chi connectivity index (χ0) is 11.8. The van der Waals surface area contributed by atoms with Gasteiger partial charge < -0.3 is 9.47 Å². The van der Waals surface area contributed by atoms with Gasteiger partial charge in [-0.3, -0.25) is 0 Å². The summed E-state index contributed by atoms with van der Waals surface area (Å²) in [6.07, 6.45) is 3.06. The molecule has 0 spiro atoms. The number of benzene rings is 1. The highest BCUT2D eigenvalue weighted by molar-refractivity contribution is 5.30. The van der Waals surface area contributed by atoms with Gasteiger partial charge in [0.15, 0.2) is 0 Å². The van der Waals surface area contributed by atoms with Gasteiger partial charge in [-0.15, -0.1) is 0 Å². The van der Waals surface area contributed by atoms with Crippen molar-refractivity contribution in [3.8, 4) is 0 Å². The molecule has 0 bridgehead atoms. The Morgan fingerprint density at radius 2 is 1.25 bits per heavy atom. The molecule has 0 atom stereocenters. The number of rotatable bonds is 7. The molecular formula is C14H22O2. The maximum absolute atomic E-state index is 5.12. The summed E-state index contributed by atoms with van der Waals surface area (Å²) >= 11 is 0. The van der Waals surface area contributed by atoms with Crippen molar-refractivity contribution in [2.45, 2.75) is 26.2 Å². The van der Waals surface area contributed by atoms with E-state index in [1.54, 1.807) is 14.2 Å². The molecule has 0 aliphatic carbocycles. The molecule has 0 fully saturated rings. The highest BCUT2D eigenvalue weighted by Gasteiger charge is 2.00. The predicted octanol–water partition coefficient (Wildman–Crippen LogP) is 2.63. The zero-order valence-corrected chi connectivity index (χ0v) is 10.6. The summed E-state index contributed by atoms with van der Waals surface area (Å²) in [5.74, 6) is 0. The first kappa shape index (κ1) is 13.2. The van der Waals surface area contributed by atoms with Crippen LogP contribution >= 0.6 is 0 Å². The van der Waals surface area contributed by atoms with E-state index in [9.17, 15) is 0 Å². The van der Waals surface area contributed by atoms with E-state index in [4.69, 9.17) is 9.47 Å². The second kappa shape index (κ2) is 7.42. The van der Waals surface area contributed by atoms with Crippen LogP contribution in [0.2, 0.25) is 0 Å². The molecule has 0 unspecified atom stereocenters. The Hall–Kier alpha value is -0.860. The van der Waals surface area contributed by atoms with Crippen molar-refractivity contribution < 1.29 is 9.47 Å². The normalized spacial score (nSPS) is 10.7. The first-order valence-corrected chi connectivity index (χ1v) is 5.89. The molecule has 0 amide bonds. The molecule has 0 N–H and O–H groups in total. The lowest BCUT2D eigenvalue weighted by molar-refractivity contribution is 0.201. The van der Waals surface area contributed by atoms with Gasteiger partial charge in [-0.05, 0) is 36.0 Å². The van der Waals surface area contributed by atoms with Crippen LogP contribution in [0.3, 0.4) is 0 Å². The monoisotopic (exact) mass is 222 g/mol. The van der Waals surface area contributed by atoms with Crippen molar-refractivity contribution in [2.75, 3.05) is 27.4 Å². The van der Waals surface area contributed by atoms with E-state index in [1.807, 2.05) is 0 Å². The molecule has 0 aliphatic rings. The smallest absolute Gasteiger partial charge is 0.0502 e. The number of methoxy groups -OCH3 is 2. The van der Waals surface area contributed by atoms with Crippen LogP contribution in [0.15, 0.2) is 18.2 Å². The molecule has 0 radical (unpaired) electrons. The largest absolute Gasteiger partial charge is 0.384 e. The number of aryl methyl sites for hydroxylation is 1. The minimum absolute atomic E-state index is 0.789. The van der Waals surface area contributed by atoms with Gasteiger partial charge in [0.2, 0.25) is 0 Å². The quantitative estimate of drug-likeness (QED) is 0.706. The topological polar surface area (TPSA) is 18.5 Å². The Morgan fingerprint density at radius 3 is 1.62 bits per heavy atom. The highest BCUT2D eigenvalue weighted by Crippen LogP contribution is 2.13. The van der Waals surface area contributed by atoms with Crippen LogP contribution in [0, 0.1) is 0 Å². The Morgan fingerprint density at radius 1 is 0.812 bits per heavy atom. The molecule has 1 aromatic carbocycles. The number of hydrogen-bond acceptors (Lipinski definition) is 2. The van der Waals surface area contributed by atoms with Gasteiger partial charge in [0.1, 0.15) is 0 Å². The number of hydrogen-bond donors (Lipinski definition) is 0. The average molecular weight is 222 g/mol. The van der Waals surface area contributed by atoms with E-state index < -0.39 is 0 Å². The van der Waals surface area contributed by atoms with Gasteiger partial charge >= 0.3 is 0 Å². The Bertz CT molecular complexity index is 281. The fourth-order valence-corrected chi connectivity index (χ4v) is 1.77. The minimum atomic E-state index is 0.789. The Balaban J connectivity index is 2.74. The van der Waals surface area contributed by atoms with Crippen LogP contribution in [0.25, 0.3) is 0 Å². The lowest BCUT2D eigenvalue weighted by atomic mass is 10.0. The van der Waals surface area contributed by atoms with Crippen molar-refractivity contribution in [3.63, 3.8) is 0 Å². The van der Waals surface area contributed by atoms with Crippen LogP contribution in [0.1, 0.15) is 23.6 Å². The van der Waals surface area contributed by atoms with E-state index in [1.165, 1.54) is 16.7 Å². The van der Waals surface area contributed by atoms with Crippen molar-refractivity contribution in [2.24, 2.45) is 0 Å². The summed E-state index contributed by atoms with van der Waals surface area (Å²) < 4.78 is 10.2. The summed E-state index contributed by atoms with van der Waals surface area (Å²) in [5.41, 5.74) is 4.14. The van der Waals surface area contributed by atoms with Crippen LogP contribution in [0.4, 0.5) is 0 Å². The lowest BCUT2D eigenvalue weighted by Gasteiger charge is -2.08. The third-order valence-corrected chi connectivity index (χ3v) is 2.71. The van der Waals surface area contributed by atoms with Crippen molar-refractivity contribution >= 4 is 0 Å². The van der Waals surface area contributed by atoms with E-state index in [2.05, 4.69) is 25.1 Å². The second-order valence-corrected chi connectivity index (χ2v) is 4.00. The van der Waals surface area contributed by atoms with Crippen molar-refractivity contribution in [3.05, 3.63) is 34.9 Å². The Labute approximate surface area is 98.6 Å². The van der Waals surface area contributed by atoms with E-state index in [-0.39, 0.29) is 0 Å². The molecule has 1 rings (SSSR count). The first-order valence-electron chi connectivity index (χ1n) is 5.89. The molecule has 1 aromatic rings. The molecule has 0 saturated heterocycles. The standard InChI is InChI=1S/C14H22O2/c1-4-12-9-13(5-7-15-2)11-14(10-12)6-8-16-3/h9-11H,4-8H2,1-3H3. The molecular weight excluding hydrogens is 200 g/mol. The minimum Gasteiger partial charge on any atom is -0.384 e. The predicted molar refractivity (Wildman–Crippen MR) is 67.0 cm³/mol. The molecule has 0 saturated carbocycles. The maximum atomic E-state index is 5.12. The summed E-state index contributed by atoms with van der Waals surface area (Å²) in [4.78, 5) is 0. The molecule has 90 valence electrons. The van der Waals surface area contributed by atoms with Crippen molar-refractivity contribution in [1.82, 2.24) is 0 Å². The molecule has 16 heavy (non-hydrogen) atoms. The molecule has 0 heterocycles. The molecule has 0 aromatic heterocycles. The van der Waals surface area contributed by atoms with Crippen LogP contribution < -0.4 is 0 Å². The molecule has 2 nitrogen and oxygen atoms in total. The van der Waals surface area contributed by atoms with Crippen LogP contribution in [0.5, 0.6) is 0 Å². The summed E-state index contributed by atoms with van der Waals surface area (Å²) in [5, 5.41) is 0. The number of ether oxygens (including phenoxy) is 2. The van der Waals surface area contributed by atoms with Crippen molar-refractivity contribution in [1.29, 1.82) is 0 Å². The van der Waals surface area contributed by atoms with Gasteiger partial charge in [-0.1, -0.05) is 25.1 Å². The molecule has 0 aliphatic heterocycles. The van der Waals surface area contributed by atoms with E-state index in [0.717, 1.165) is 32.5 Å². The van der Waals surface area contributed by atoms with Gasteiger partial charge in [0.05, 0.1) is 13.2 Å². The Kier molecular flexibility index (Phi) is 6.12. The van der Waals surface area contributed by atoms with Crippen LogP contribution in [-0.2, 0) is 28.7 Å². The van der Waals surface area contributed by atoms with Gasteiger partial charge in [0, 0.05) is 14.2 Å². The third kappa shape index (κ3) is 4.33. The maximum Gasteiger partial charge on any atom is 0.0502 e. The fourth-order valence-electron chi connectivity index (χ4n) is 1.77. The summed E-state index contributed by atoms with van der Waals surface area (Å²) in [6, 6.07) is 6.81. The van der Waals surface area contributed by atoms with Gasteiger partial charge in [0.25, 0.3) is 0 Å². The summed E-state index contributed by atoms with van der Waals surface area (Å²) in [7, 11) is 3.49. The summed E-state index contributed by atoms with van der Waals surface area (Å²) in [6.45, 7) is 3.77. The van der Waals surface area contributed by atoms with Crippen LogP contribution in [-0.4, -0.2) is 27.4 Å². The zero-order valence-electron chi connectivity index (χ0n) is 10.6. The fraction of sp³-hybridized carbons (Fsp3) is 0.571. The van der Waals surface area contributed by atoms with E-state index in [0.29, 0.717) is 0 Å². The SMILES string of the molecule is CCc1cc(CCOC)cc(CCOC)c1. The van der Waals surface area contributed by atoms with Gasteiger partial charge in [-0.25, -0.2) is 0 Å². The average Bonchev–Trinajstić information content (AvgIpc) is 2.33. The first-order chi connectivity index (χ1) is 7.80. The van der Waals surface area contributed by atoms with Gasteiger partial charge in [-0.2, -0.15) is 0 Å². The second-order valence-electron chi connectivity index (χ2n) is 4.00. The lowest BCUT2D eigenvalue weighted by Crippen LogP contribution is -2.00.